The summed E-state index contributed by atoms with van der Waals surface area (Å²) in [6, 6.07) is 0.990. The number of rotatable bonds is 3. The first-order chi connectivity index (χ1) is 11.8. The van der Waals surface area contributed by atoms with Crippen LogP contribution in [0.4, 0.5) is 22.0 Å². The maximum absolute atomic E-state index is 14.3. The van der Waals surface area contributed by atoms with E-state index in [0.29, 0.717) is 17.9 Å². The summed E-state index contributed by atoms with van der Waals surface area (Å²) in [4.78, 5) is 0. The molecule has 1 aromatic rings. The quantitative estimate of drug-likeness (QED) is 0.467. The first-order valence-electron chi connectivity index (χ1n) is 8.73. The summed E-state index contributed by atoms with van der Waals surface area (Å²) in [6.45, 7) is 2.19. The van der Waals surface area contributed by atoms with E-state index in [-0.39, 0.29) is 12.0 Å². The molecule has 2 aliphatic carbocycles. The zero-order valence-electron chi connectivity index (χ0n) is 14.1. The maximum atomic E-state index is 14.3. The van der Waals surface area contributed by atoms with Crippen LogP contribution in [0.5, 0.6) is 5.75 Å². The van der Waals surface area contributed by atoms with E-state index in [1.807, 2.05) is 6.08 Å². The van der Waals surface area contributed by atoms with Crippen molar-refractivity contribution in [2.45, 2.75) is 58.2 Å². The van der Waals surface area contributed by atoms with Crippen molar-refractivity contribution in [1.82, 2.24) is 0 Å². The molecule has 138 valence electrons. The Labute approximate surface area is 143 Å². The van der Waals surface area contributed by atoms with Gasteiger partial charge in [-0.3, -0.25) is 0 Å². The molecule has 0 aliphatic heterocycles. The Morgan fingerprint density at radius 3 is 2.40 bits per heavy atom. The molecule has 0 atom stereocenters. The van der Waals surface area contributed by atoms with E-state index >= 15 is 0 Å². The highest BCUT2D eigenvalue weighted by Gasteiger charge is 2.36. The van der Waals surface area contributed by atoms with Crippen molar-refractivity contribution in [3.05, 3.63) is 40.5 Å². The van der Waals surface area contributed by atoms with E-state index < -0.39 is 23.7 Å². The molecule has 0 heterocycles. The fourth-order valence-corrected chi connectivity index (χ4v) is 4.05. The number of ether oxygens (including phenoxy) is 1. The second-order valence-electron chi connectivity index (χ2n) is 6.97. The summed E-state index contributed by atoms with van der Waals surface area (Å²) in [5, 5.41) is 0. The molecule has 1 saturated carbocycles. The zero-order chi connectivity index (χ0) is 18.2. The zero-order valence-corrected chi connectivity index (χ0v) is 14.1. The van der Waals surface area contributed by atoms with Gasteiger partial charge >= 0.3 is 6.36 Å². The summed E-state index contributed by atoms with van der Waals surface area (Å²) >= 11 is 0. The third kappa shape index (κ3) is 3.98. The predicted octanol–water partition coefficient (Wildman–Crippen LogP) is 6.10. The van der Waals surface area contributed by atoms with Crippen LogP contribution >= 0.6 is 0 Å². The summed E-state index contributed by atoms with van der Waals surface area (Å²) in [5.74, 6) is -2.73. The molecule has 0 radical (unpaired) electrons. The van der Waals surface area contributed by atoms with Crippen LogP contribution < -0.4 is 4.74 Å². The molecule has 1 fully saturated rings. The number of benzene rings is 1. The van der Waals surface area contributed by atoms with Crippen LogP contribution in [0.25, 0.3) is 0 Å². The van der Waals surface area contributed by atoms with Gasteiger partial charge in [0.25, 0.3) is 0 Å². The number of alkyl halides is 3. The second-order valence-corrected chi connectivity index (χ2v) is 6.97. The van der Waals surface area contributed by atoms with Crippen molar-refractivity contribution in [2.75, 3.05) is 0 Å². The lowest BCUT2D eigenvalue weighted by molar-refractivity contribution is -0.276. The molecule has 6 heteroatoms. The van der Waals surface area contributed by atoms with Gasteiger partial charge in [0.15, 0.2) is 11.6 Å². The lowest BCUT2D eigenvalue weighted by atomic mass is 9.74. The largest absolute Gasteiger partial charge is 0.573 e. The smallest absolute Gasteiger partial charge is 0.399 e. The molecular weight excluding hydrogens is 339 g/mol. The average Bonchev–Trinajstić information content (AvgIpc) is 2.57. The molecule has 0 bridgehead atoms. The molecule has 0 amide bonds. The highest BCUT2D eigenvalue weighted by Crippen LogP contribution is 2.40. The van der Waals surface area contributed by atoms with E-state index in [0.717, 1.165) is 43.2 Å². The van der Waals surface area contributed by atoms with E-state index in [2.05, 4.69) is 11.7 Å². The third-order valence-electron chi connectivity index (χ3n) is 5.50. The van der Waals surface area contributed by atoms with Crippen molar-refractivity contribution in [3.63, 3.8) is 0 Å². The van der Waals surface area contributed by atoms with Gasteiger partial charge in [-0.25, -0.2) is 8.78 Å². The van der Waals surface area contributed by atoms with Crippen molar-refractivity contribution in [3.8, 4) is 5.75 Å². The lowest BCUT2D eigenvalue weighted by Crippen LogP contribution is -2.22. The molecular formula is C19H21F5O. The molecule has 3 rings (SSSR count). The Morgan fingerprint density at radius 2 is 1.80 bits per heavy atom. The van der Waals surface area contributed by atoms with Gasteiger partial charge in [-0.2, -0.15) is 0 Å². The minimum absolute atomic E-state index is 0.103. The third-order valence-corrected chi connectivity index (χ3v) is 5.50. The normalized spacial score (nSPS) is 23.8. The molecule has 0 spiro atoms. The first-order valence-corrected chi connectivity index (χ1v) is 8.73. The van der Waals surface area contributed by atoms with Crippen molar-refractivity contribution in [1.29, 1.82) is 0 Å². The Bertz CT molecular complexity index is 669. The van der Waals surface area contributed by atoms with Crippen LogP contribution in [0, 0.1) is 23.5 Å². The molecule has 1 nitrogen and oxygen atoms in total. The molecule has 0 unspecified atom stereocenters. The summed E-state index contributed by atoms with van der Waals surface area (Å²) in [6.07, 6.45) is 2.99. The predicted molar refractivity (Wildman–Crippen MR) is 84.3 cm³/mol. The molecule has 0 N–H and O–H groups in total. The van der Waals surface area contributed by atoms with Gasteiger partial charge in [0, 0.05) is 0 Å². The number of allylic oxidation sites excluding steroid dienone is 2. The van der Waals surface area contributed by atoms with Crippen molar-refractivity contribution >= 4 is 0 Å². The fraction of sp³-hybridized carbons (Fsp3) is 0.579. The van der Waals surface area contributed by atoms with Crippen molar-refractivity contribution < 1.29 is 26.7 Å². The van der Waals surface area contributed by atoms with Crippen LogP contribution in [0.15, 0.2) is 17.7 Å². The minimum atomic E-state index is -5.12. The number of fused-ring (bicyclic) bond motifs is 1. The van der Waals surface area contributed by atoms with Crippen LogP contribution in [-0.4, -0.2) is 6.36 Å². The first kappa shape index (κ1) is 18.2. The summed E-state index contributed by atoms with van der Waals surface area (Å²) < 4.78 is 68.8. The van der Waals surface area contributed by atoms with Crippen molar-refractivity contribution in [2.24, 2.45) is 11.8 Å². The van der Waals surface area contributed by atoms with Gasteiger partial charge in [-0.1, -0.05) is 25.0 Å². The Hall–Kier alpha value is -1.59. The number of hydrogen-bond donors (Lipinski definition) is 0. The lowest BCUT2D eigenvalue weighted by Gasteiger charge is -2.31. The van der Waals surface area contributed by atoms with Gasteiger partial charge in [0.05, 0.1) is 0 Å². The van der Waals surface area contributed by atoms with E-state index in [1.165, 1.54) is 6.42 Å². The molecule has 1 aromatic carbocycles. The van der Waals surface area contributed by atoms with Gasteiger partial charge in [-0.05, 0) is 67.6 Å². The summed E-state index contributed by atoms with van der Waals surface area (Å²) in [7, 11) is 0. The fourth-order valence-electron chi connectivity index (χ4n) is 4.05. The topological polar surface area (TPSA) is 9.23 Å². The Morgan fingerprint density at radius 1 is 1.12 bits per heavy atom. The van der Waals surface area contributed by atoms with E-state index in [9.17, 15) is 22.0 Å². The number of halogens is 5. The van der Waals surface area contributed by atoms with Gasteiger partial charge in [0.1, 0.15) is 0 Å². The second kappa shape index (κ2) is 6.96. The number of hydrogen-bond acceptors (Lipinski definition) is 1. The monoisotopic (exact) mass is 360 g/mol. The minimum Gasteiger partial charge on any atom is -0.399 e. The van der Waals surface area contributed by atoms with Gasteiger partial charge < -0.3 is 4.74 Å². The van der Waals surface area contributed by atoms with Crippen LogP contribution in [-0.2, 0) is 12.8 Å². The SMILES string of the molecule is CCC1CCC(C2=CCc3c(cc(F)c(OC(F)(F)F)c3F)C2)CC1. The highest BCUT2D eigenvalue weighted by atomic mass is 19.4. The Kier molecular flexibility index (Phi) is 5.07. The van der Waals surface area contributed by atoms with Gasteiger partial charge in [-0.15, -0.1) is 13.2 Å². The Balaban J connectivity index is 1.79. The highest BCUT2D eigenvalue weighted by molar-refractivity contribution is 5.45. The van der Waals surface area contributed by atoms with E-state index in [1.54, 1.807) is 0 Å². The van der Waals surface area contributed by atoms with Crippen LogP contribution in [0.2, 0.25) is 0 Å². The molecule has 0 saturated heterocycles. The maximum Gasteiger partial charge on any atom is 0.573 e. The average molecular weight is 360 g/mol. The van der Waals surface area contributed by atoms with Crippen LogP contribution in [0.1, 0.15) is 50.2 Å². The van der Waals surface area contributed by atoms with E-state index in [4.69, 9.17) is 0 Å². The molecule has 25 heavy (non-hydrogen) atoms. The van der Waals surface area contributed by atoms with Crippen LogP contribution in [0.3, 0.4) is 0 Å². The molecule has 0 aromatic heterocycles. The van der Waals surface area contributed by atoms with Gasteiger partial charge in [0.2, 0.25) is 5.75 Å². The summed E-state index contributed by atoms with van der Waals surface area (Å²) in [5.41, 5.74) is 1.69. The standard InChI is InChI=1S/C19H21F5O/c1-2-11-3-5-12(6-4-11)13-7-8-15-14(9-13)10-16(20)18(17(15)21)25-19(22,23)24/h7,10-12H,2-6,8-9H2,1H3. The molecule has 2 aliphatic rings.